The van der Waals surface area contributed by atoms with E-state index in [0.717, 1.165) is 11.5 Å². The van der Waals surface area contributed by atoms with E-state index in [1.165, 1.54) is 37.8 Å². The Kier molecular flexibility index (Phi) is 5.44. The second-order valence-corrected chi connectivity index (χ2v) is 7.06. The molecule has 0 unspecified atom stereocenters. The highest BCUT2D eigenvalue weighted by Gasteiger charge is 2.23. The van der Waals surface area contributed by atoms with Gasteiger partial charge in [0.2, 0.25) is 0 Å². The van der Waals surface area contributed by atoms with Crippen LogP contribution in [0.3, 0.4) is 0 Å². The normalized spacial score (nSPS) is 24.9. The minimum atomic E-state index is -0.768. The molecule has 2 rings (SSSR count). The van der Waals surface area contributed by atoms with Crippen LogP contribution in [-0.2, 0) is 16.6 Å². The van der Waals surface area contributed by atoms with Gasteiger partial charge in [-0.3, -0.25) is 4.21 Å². The van der Waals surface area contributed by atoms with Crippen LogP contribution in [0.5, 0.6) is 0 Å². The monoisotopic (exact) mass is 279 g/mol. The zero-order valence-corrected chi connectivity index (χ0v) is 12.8. The Morgan fingerprint density at radius 1 is 1.32 bits per heavy atom. The molecular formula is C16H25NOS. The SMILES string of the molecule is CC[C@@H]1CCCC[C@H]1Nc1cccc(C[S@@](C)=O)c1. The molecule has 1 saturated carbocycles. The molecule has 0 aliphatic heterocycles. The maximum atomic E-state index is 11.3. The third kappa shape index (κ3) is 4.34. The third-order valence-electron chi connectivity index (χ3n) is 4.08. The third-order valence-corrected chi connectivity index (χ3v) is 4.82. The molecule has 1 aromatic rings. The molecule has 0 radical (unpaired) electrons. The molecule has 3 heteroatoms. The van der Waals surface area contributed by atoms with Crippen LogP contribution in [0.25, 0.3) is 0 Å². The van der Waals surface area contributed by atoms with Gasteiger partial charge in [0, 0.05) is 34.5 Å². The van der Waals surface area contributed by atoms with Gasteiger partial charge in [-0.05, 0) is 36.5 Å². The molecule has 1 N–H and O–H groups in total. The minimum absolute atomic E-state index is 0.612. The number of anilines is 1. The first-order valence-corrected chi connectivity index (χ1v) is 9.07. The van der Waals surface area contributed by atoms with Crippen LogP contribution in [0.1, 0.15) is 44.6 Å². The number of hydrogen-bond donors (Lipinski definition) is 1. The van der Waals surface area contributed by atoms with E-state index in [4.69, 9.17) is 0 Å². The van der Waals surface area contributed by atoms with Crippen LogP contribution >= 0.6 is 0 Å². The van der Waals surface area contributed by atoms with Crippen molar-refractivity contribution in [3.63, 3.8) is 0 Å². The summed E-state index contributed by atoms with van der Waals surface area (Å²) in [5, 5.41) is 3.70. The van der Waals surface area contributed by atoms with Crippen molar-refractivity contribution in [1.29, 1.82) is 0 Å². The Hall–Kier alpha value is -0.830. The summed E-state index contributed by atoms with van der Waals surface area (Å²) in [6.07, 6.45) is 8.37. The fourth-order valence-corrected chi connectivity index (χ4v) is 3.73. The molecule has 0 bridgehead atoms. The average molecular weight is 279 g/mol. The fourth-order valence-electron chi connectivity index (χ4n) is 3.09. The molecule has 19 heavy (non-hydrogen) atoms. The van der Waals surface area contributed by atoms with Crippen molar-refractivity contribution in [2.24, 2.45) is 5.92 Å². The first kappa shape index (κ1) is 14.6. The lowest BCUT2D eigenvalue weighted by molar-refractivity contribution is 0.317. The van der Waals surface area contributed by atoms with E-state index >= 15 is 0 Å². The molecule has 0 amide bonds. The molecule has 106 valence electrons. The van der Waals surface area contributed by atoms with Crippen molar-refractivity contribution in [2.45, 2.75) is 50.8 Å². The van der Waals surface area contributed by atoms with Gasteiger partial charge in [0.1, 0.15) is 0 Å². The van der Waals surface area contributed by atoms with Crippen LogP contribution in [-0.4, -0.2) is 16.5 Å². The lowest BCUT2D eigenvalue weighted by Gasteiger charge is -2.32. The van der Waals surface area contributed by atoms with Crippen molar-refractivity contribution in [1.82, 2.24) is 0 Å². The van der Waals surface area contributed by atoms with Gasteiger partial charge in [0.15, 0.2) is 0 Å². The second kappa shape index (κ2) is 7.09. The summed E-state index contributed by atoms with van der Waals surface area (Å²) in [5.74, 6) is 1.45. The van der Waals surface area contributed by atoms with Crippen LogP contribution in [0, 0.1) is 5.92 Å². The standard InChI is InChI=1S/C16H25NOS/c1-3-14-8-4-5-10-16(14)17-15-9-6-7-13(11-15)12-19(2)18/h6-7,9,11,14,16-17H,3-5,8,10,12H2,1-2H3/t14-,16-,19-/m1/s1. The summed E-state index contributed by atoms with van der Waals surface area (Å²) in [5.41, 5.74) is 2.35. The highest BCUT2D eigenvalue weighted by Crippen LogP contribution is 2.29. The van der Waals surface area contributed by atoms with Crippen molar-refractivity contribution < 1.29 is 4.21 Å². The zero-order chi connectivity index (χ0) is 13.7. The Morgan fingerprint density at radius 3 is 2.84 bits per heavy atom. The van der Waals surface area contributed by atoms with Crippen molar-refractivity contribution in [3.05, 3.63) is 29.8 Å². The molecule has 1 aliphatic rings. The summed E-state index contributed by atoms with van der Waals surface area (Å²) in [6.45, 7) is 2.29. The molecule has 0 saturated heterocycles. The molecule has 0 heterocycles. The Morgan fingerprint density at radius 2 is 2.11 bits per heavy atom. The van der Waals surface area contributed by atoms with E-state index in [9.17, 15) is 4.21 Å². The van der Waals surface area contributed by atoms with Gasteiger partial charge in [-0.2, -0.15) is 0 Å². The molecule has 2 nitrogen and oxygen atoms in total. The molecule has 3 atom stereocenters. The lowest BCUT2D eigenvalue weighted by Crippen LogP contribution is -2.31. The summed E-state index contributed by atoms with van der Waals surface area (Å²) in [6, 6.07) is 9.02. The van der Waals surface area contributed by atoms with E-state index in [0.29, 0.717) is 11.8 Å². The van der Waals surface area contributed by atoms with Crippen LogP contribution in [0.4, 0.5) is 5.69 Å². The first-order chi connectivity index (χ1) is 9.19. The Labute approximate surface area is 119 Å². The fraction of sp³-hybridized carbons (Fsp3) is 0.625. The largest absolute Gasteiger partial charge is 0.382 e. The van der Waals surface area contributed by atoms with E-state index < -0.39 is 10.8 Å². The van der Waals surface area contributed by atoms with Gasteiger partial charge in [0.25, 0.3) is 0 Å². The maximum absolute atomic E-state index is 11.3. The van der Waals surface area contributed by atoms with Crippen LogP contribution in [0.15, 0.2) is 24.3 Å². The van der Waals surface area contributed by atoms with Gasteiger partial charge < -0.3 is 5.32 Å². The first-order valence-electron chi connectivity index (χ1n) is 7.34. The Bertz CT molecular complexity index is 433. The Balaban J connectivity index is 2.03. The summed E-state index contributed by atoms with van der Waals surface area (Å²) < 4.78 is 11.3. The molecular weight excluding hydrogens is 254 g/mol. The smallest absolute Gasteiger partial charge is 0.0483 e. The molecule has 0 spiro atoms. The van der Waals surface area contributed by atoms with Crippen molar-refractivity contribution >= 4 is 16.5 Å². The van der Waals surface area contributed by atoms with E-state index in [1.54, 1.807) is 6.26 Å². The molecule has 1 aliphatic carbocycles. The number of benzene rings is 1. The second-order valence-electron chi connectivity index (χ2n) is 5.62. The number of hydrogen-bond acceptors (Lipinski definition) is 2. The van der Waals surface area contributed by atoms with Gasteiger partial charge in [-0.1, -0.05) is 38.3 Å². The summed E-state index contributed by atoms with van der Waals surface area (Å²) >= 11 is 0. The van der Waals surface area contributed by atoms with Crippen molar-refractivity contribution in [3.8, 4) is 0 Å². The minimum Gasteiger partial charge on any atom is -0.382 e. The van der Waals surface area contributed by atoms with Gasteiger partial charge in [0.05, 0.1) is 0 Å². The predicted molar refractivity (Wildman–Crippen MR) is 83.9 cm³/mol. The van der Waals surface area contributed by atoms with Crippen molar-refractivity contribution in [2.75, 3.05) is 11.6 Å². The van der Waals surface area contributed by atoms with Crippen LogP contribution < -0.4 is 5.32 Å². The van der Waals surface area contributed by atoms with E-state index in [2.05, 4.69) is 36.5 Å². The predicted octanol–water partition coefficient (Wildman–Crippen LogP) is 3.95. The van der Waals surface area contributed by atoms with Crippen LogP contribution in [0.2, 0.25) is 0 Å². The zero-order valence-electron chi connectivity index (χ0n) is 12.0. The number of nitrogens with one attached hydrogen (secondary N) is 1. The molecule has 1 fully saturated rings. The lowest BCUT2D eigenvalue weighted by atomic mass is 9.83. The highest BCUT2D eigenvalue weighted by molar-refractivity contribution is 7.83. The molecule has 0 aromatic heterocycles. The maximum Gasteiger partial charge on any atom is 0.0483 e. The topological polar surface area (TPSA) is 29.1 Å². The van der Waals surface area contributed by atoms with Gasteiger partial charge >= 0.3 is 0 Å². The number of rotatable bonds is 5. The van der Waals surface area contributed by atoms with Gasteiger partial charge in [-0.15, -0.1) is 0 Å². The quantitative estimate of drug-likeness (QED) is 0.884. The average Bonchev–Trinajstić information content (AvgIpc) is 2.39. The van der Waals surface area contributed by atoms with Gasteiger partial charge in [-0.25, -0.2) is 0 Å². The van der Waals surface area contributed by atoms with E-state index in [-0.39, 0.29) is 0 Å². The van der Waals surface area contributed by atoms with E-state index in [1.807, 2.05) is 0 Å². The summed E-state index contributed by atoms with van der Waals surface area (Å²) in [4.78, 5) is 0. The highest BCUT2D eigenvalue weighted by atomic mass is 32.2. The molecule has 1 aromatic carbocycles. The summed E-state index contributed by atoms with van der Waals surface area (Å²) in [7, 11) is -0.768.